The van der Waals surface area contributed by atoms with Crippen molar-refractivity contribution < 1.29 is 23.2 Å². The smallest absolute Gasteiger partial charge is 0.234 e. The minimum Gasteiger partial charge on any atom is -0.371 e. The van der Waals surface area contributed by atoms with Gasteiger partial charge in [0.2, 0.25) is 11.8 Å². The average Bonchev–Trinajstić information content (AvgIpc) is 2.97. The van der Waals surface area contributed by atoms with Crippen LogP contribution in [0.5, 0.6) is 0 Å². The molecule has 0 spiro atoms. The Morgan fingerprint density at radius 2 is 1.87 bits per heavy atom. The minimum absolute atomic E-state index is 0.0597. The predicted octanol–water partition coefficient (Wildman–Crippen LogP) is 1.51. The SMILES string of the molecule is O=CC1CCN(c2cc(F)c(C3CCC(=O)NC3=O)c(F)c2)C1. The molecule has 2 aliphatic heterocycles. The van der Waals surface area contributed by atoms with Gasteiger partial charge in [-0.15, -0.1) is 0 Å². The van der Waals surface area contributed by atoms with Crippen LogP contribution in [0.15, 0.2) is 12.1 Å². The zero-order valence-electron chi connectivity index (χ0n) is 12.4. The van der Waals surface area contributed by atoms with Crippen LogP contribution in [-0.2, 0) is 14.4 Å². The summed E-state index contributed by atoms with van der Waals surface area (Å²) in [6, 6.07) is 2.38. The van der Waals surface area contributed by atoms with Crippen LogP contribution in [0.4, 0.5) is 14.5 Å². The molecule has 0 radical (unpaired) electrons. The third-order valence-electron chi connectivity index (χ3n) is 4.43. The second-order valence-electron chi connectivity index (χ2n) is 5.96. The van der Waals surface area contributed by atoms with Crippen molar-refractivity contribution >= 4 is 23.8 Å². The Labute approximate surface area is 131 Å². The molecule has 1 aromatic rings. The summed E-state index contributed by atoms with van der Waals surface area (Å²) >= 11 is 0. The molecule has 2 aliphatic rings. The molecule has 0 bridgehead atoms. The number of hydrogen-bond acceptors (Lipinski definition) is 4. The first-order valence-electron chi connectivity index (χ1n) is 7.52. The summed E-state index contributed by atoms with van der Waals surface area (Å²) in [6.07, 6.45) is 1.66. The molecule has 2 unspecified atom stereocenters. The van der Waals surface area contributed by atoms with Crippen molar-refractivity contribution in [2.45, 2.75) is 25.2 Å². The number of imide groups is 1. The molecular weight excluding hydrogens is 306 g/mol. The summed E-state index contributed by atoms with van der Waals surface area (Å²) < 4.78 is 28.8. The van der Waals surface area contributed by atoms with E-state index in [2.05, 4.69) is 5.32 Å². The van der Waals surface area contributed by atoms with Crippen LogP contribution < -0.4 is 10.2 Å². The second kappa shape index (κ2) is 6.06. The number of rotatable bonds is 3. The number of amides is 2. The van der Waals surface area contributed by atoms with Crippen LogP contribution >= 0.6 is 0 Å². The summed E-state index contributed by atoms with van der Waals surface area (Å²) in [7, 11) is 0. The van der Waals surface area contributed by atoms with Gasteiger partial charge in [-0.3, -0.25) is 14.9 Å². The summed E-state index contributed by atoms with van der Waals surface area (Å²) in [5.74, 6) is -3.83. The van der Waals surface area contributed by atoms with E-state index >= 15 is 0 Å². The number of nitrogens with one attached hydrogen (secondary N) is 1. The van der Waals surface area contributed by atoms with Crippen molar-refractivity contribution in [3.63, 3.8) is 0 Å². The number of carbonyl (C=O) groups is 3. The number of hydrogen-bond donors (Lipinski definition) is 1. The number of aldehydes is 1. The number of carbonyl (C=O) groups excluding carboxylic acids is 3. The number of anilines is 1. The van der Waals surface area contributed by atoms with Gasteiger partial charge >= 0.3 is 0 Å². The number of nitrogens with zero attached hydrogens (tertiary/aromatic N) is 1. The largest absolute Gasteiger partial charge is 0.371 e. The van der Waals surface area contributed by atoms with E-state index in [1.54, 1.807) is 4.90 Å². The summed E-state index contributed by atoms with van der Waals surface area (Å²) in [5.41, 5.74) is 0.0604. The van der Waals surface area contributed by atoms with E-state index in [0.717, 1.165) is 6.29 Å². The Balaban J connectivity index is 1.88. The van der Waals surface area contributed by atoms with Crippen LogP contribution in [0.3, 0.4) is 0 Å². The highest BCUT2D eigenvalue weighted by atomic mass is 19.1. The molecule has 2 heterocycles. The average molecular weight is 322 g/mol. The van der Waals surface area contributed by atoms with Gasteiger partial charge in [0.05, 0.1) is 5.92 Å². The second-order valence-corrected chi connectivity index (χ2v) is 5.96. The summed E-state index contributed by atoms with van der Waals surface area (Å²) in [4.78, 5) is 35.5. The molecule has 5 nitrogen and oxygen atoms in total. The summed E-state index contributed by atoms with van der Waals surface area (Å²) in [5, 5.41) is 2.10. The van der Waals surface area contributed by atoms with Crippen molar-refractivity contribution in [3.8, 4) is 0 Å². The zero-order valence-corrected chi connectivity index (χ0v) is 12.4. The van der Waals surface area contributed by atoms with E-state index in [-0.39, 0.29) is 24.3 Å². The predicted molar refractivity (Wildman–Crippen MR) is 77.9 cm³/mol. The van der Waals surface area contributed by atoms with Crippen LogP contribution in [0, 0.1) is 17.6 Å². The first-order chi connectivity index (χ1) is 11.0. The molecular formula is C16H16F2N2O3. The molecule has 7 heteroatoms. The van der Waals surface area contributed by atoms with Gasteiger partial charge < -0.3 is 9.69 Å². The van der Waals surface area contributed by atoms with E-state index in [1.165, 1.54) is 12.1 Å². The third kappa shape index (κ3) is 2.95. The molecule has 2 saturated heterocycles. The molecule has 1 N–H and O–H groups in total. The molecule has 2 atom stereocenters. The monoisotopic (exact) mass is 322 g/mol. The topological polar surface area (TPSA) is 66.5 Å². The lowest BCUT2D eigenvalue weighted by atomic mass is 9.89. The molecule has 2 amide bonds. The highest BCUT2D eigenvalue weighted by Gasteiger charge is 2.33. The Morgan fingerprint density at radius 3 is 2.43 bits per heavy atom. The van der Waals surface area contributed by atoms with Crippen LogP contribution in [0.25, 0.3) is 0 Å². The lowest BCUT2D eigenvalue weighted by Crippen LogP contribution is -2.40. The maximum atomic E-state index is 14.4. The first kappa shape index (κ1) is 15.6. The Kier molecular flexibility index (Phi) is 4.11. The number of halogens is 2. The van der Waals surface area contributed by atoms with Gasteiger partial charge in [-0.1, -0.05) is 0 Å². The van der Waals surface area contributed by atoms with Gasteiger partial charge in [0.15, 0.2) is 0 Å². The fourth-order valence-corrected chi connectivity index (χ4v) is 3.19. The van der Waals surface area contributed by atoms with Crippen molar-refractivity contribution in [1.82, 2.24) is 5.32 Å². The normalized spacial score (nSPS) is 24.7. The fraction of sp³-hybridized carbons (Fsp3) is 0.438. The van der Waals surface area contributed by atoms with E-state index in [0.29, 0.717) is 25.2 Å². The standard InChI is InChI=1S/C16H16F2N2O3/c17-12-5-10(20-4-3-9(7-20)8-21)6-13(18)15(12)11-1-2-14(22)19-16(11)23/h5-6,8-9,11H,1-4,7H2,(H,19,22,23). The van der Waals surface area contributed by atoms with Crippen LogP contribution in [0.2, 0.25) is 0 Å². The molecule has 0 saturated carbocycles. The van der Waals surface area contributed by atoms with Gasteiger partial charge in [0.25, 0.3) is 0 Å². The maximum absolute atomic E-state index is 14.4. The number of benzene rings is 1. The molecule has 2 fully saturated rings. The highest BCUT2D eigenvalue weighted by Crippen LogP contribution is 2.33. The zero-order chi connectivity index (χ0) is 16.6. The van der Waals surface area contributed by atoms with Crippen LogP contribution in [-0.4, -0.2) is 31.2 Å². The lowest BCUT2D eigenvalue weighted by Gasteiger charge is -2.24. The minimum atomic E-state index is -0.997. The van der Waals surface area contributed by atoms with Crippen molar-refractivity contribution in [1.29, 1.82) is 0 Å². The van der Waals surface area contributed by atoms with E-state index in [9.17, 15) is 23.2 Å². The Morgan fingerprint density at radius 1 is 1.17 bits per heavy atom. The molecule has 0 aliphatic carbocycles. The van der Waals surface area contributed by atoms with Crippen LogP contribution in [0.1, 0.15) is 30.7 Å². The Hall–Kier alpha value is -2.31. The van der Waals surface area contributed by atoms with Gasteiger partial charge in [0, 0.05) is 36.7 Å². The number of piperidine rings is 1. The van der Waals surface area contributed by atoms with Gasteiger partial charge in [-0.2, -0.15) is 0 Å². The Bertz CT molecular complexity index is 654. The molecule has 1 aromatic carbocycles. The quantitative estimate of drug-likeness (QED) is 0.677. The van der Waals surface area contributed by atoms with E-state index in [1.807, 2.05) is 0 Å². The molecule has 23 heavy (non-hydrogen) atoms. The summed E-state index contributed by atoms with van der Waals surface area (Å²) in [6.45, 7) is 0.986. The molecule has 3 rings (SSSR count). The molecule has 0 aromatic heterocycles. The maximum Gasteiger partial charge on any atom is 0.234 e. The van der Waals surface area contributed by atoms with E-state index < -0.39 is 29.4 Å². The lowest BCUT2D eigenvalue weighted by molar-refractivity contribution is -0.134. The fourth-order valence-electron chi connectivity index (χ4n) is 3.19. The van der Waals surface area contributed by atoms with Crippen molar-refractivity contribution in [3.05, 3.63) is 29.3 Å². The first-order valence-corrected chi connectivity index (χ1v) is 7.52. The van der Waals surface area contributed by atoms with E-state index in [4.69, 9.17) is 0 Å². The van der Waals surface area contributed by atoms with Gasteiger partial charge in [0.1, 0.15) is 17.9 Å². The van der Waals surface area contributed by atoms with Gasteiger partial charge in [-0.25, -0.2) is 8.78 Å². The third-order valence-corrected chi connectivity index (χ3v) is 4.43. The van der Waals surface area contributed by atoms with Crippen molar-refractivity contribution in [2.24, 2.45) is 5.92 Å². The molecule has 122 valence electrons. The highest BCUT2D eigenvalue weighted by molar-refractivity contribution is 6.01. The van der Waals surface area contributed by atoms with Gasteiger partial charge in [-0.05, 0) is 25.0 Å². The van der Waals surface area contributed by atoms with Crippen molar-refractivity contribution in [2.75, 3.05) is 18.0 Å².